The molecule has 0 amide bonds. The average Bonchev–Trinajstić information content (AvgIpc) is 2.86. The molecule has 0 unspecified atom stereocenters. The van der Waals surface area contributed by atoms with Crippen LogP contribution in [0, 0.1) is 17.1 Å². The molecule has 0 aliphatic carbocycles. The van der Waals surface area contributed by atoms with Crippen molar-refractivity contribution in [2.75, 3.05) is 20.2 Å². The summed E-state index contributed by atoms with van der Waals surface area (Å²) >= 11 is 0. The van der Waals surface area contributed by atoms with Crippen LogP contribution in [-0.2, 0) is 6.54 Å². The Morgan fingerprint density at radius 2 is 2.20 bits per heavy atom. The summed E-state index contributed by atoms with van der Waals surface area (Å²) < 4.78 is 23.7. The van der Waals surface area contributed by atoms with Crippen LogP contribution in [0.15, 0.2) is 40.8 Å². The molecule has 1 aromatic heterocycles. The molecule has 104 valence electrons. The van der Waals surface area contributed by atoms with E-state index in [1.807, 2.05) is 18.0 Å². The molecule has 0 aliphatic rings. The van der Waals surface area contributed by atoms with Crippen LogP contribution in [0.2, 0.25) is 0 Å². The van der Waals surface area contributed by atoms with Gasteiger partial charge < -0.3 is 9.15 Å². The number of halogens is 1. The Morgan fingerprint density at radius 1 is 1.35 bits per heavy atom. The minimum absolute atomic E-state index is 0.310. The highest BCUT2D eigenvalue weighted by atomic mass is 19.1. The lowest BCUT2D eigenvalue weighted by Gasteiger charge is -2.15. The molecule has 2 rings (SSSR count). The molecular formula is C15H15FN2O2. The largest absolute Gasteiger partial charge is 0.492 e. The van der Waals surface area contributed by atoms with Gasteiger partial charge in [0.15, 0.2) is 0 Å². The van der Waals surface area contributed by atoms with Gasteiger partial charge in [0.1, 0.15) is 30.0 Å². The maximum absolute atomic E-state index is 12.9. The van der Waals surface area contributed by atoms with E-state index in [2.05, 4.69) is 0 Å². The number of nitrogens with zero attached hydrogens (tertiary/aromatic N) is 2. The number of ether oxygens (including phenoxy) is 1. The van der Waals surface area contributed by atoms with E-state index in [-0.39, 0.29) is 5.82 Å². The van der Waals surface area contributed by atoms with Gasteiger partial charge in [0.2, 0.25) is 5.76 Å². The van der Waals surface area contributed by atoms with E-state index in [1.165, 1.54) is 12.1 Å². The van der Waals surface area contributed by atoms with Crippen LogP contribution in [0.1, 0.15) is 11.5 Å². The molecule has 1 aromatic carbocycles. The van der Waals surface area contributed by atoms with Gasteiger partial charge in [-0.1, -0.05) is 6.07 Å². The predicted octanol–water partition coefficient (Wildman–Crippen LogP) is 2.80. The van der Waals surface area contributed by atoms with Crippen molar-refractivity contribution in [2.45, 2.75) is 6.54 Å². The second kappa shape index (κ2) is 6.73. The minimum atomic E-state index is -0.310. The maximum Gasteiger partial charge on any atom is 0.203 e. The third kappa shape index (κ3) is 4.11. The van der Waals surface area contributed by atoms with E-state index < -0.39 is 0 Å². The van der Waals surface area contributed by atoms with Crippen molar-refractivity contribution in [1.29, 1.82) is 5.26 Å². The van der Waals surface area contributed by atoms with Gasteiger partial charge in [-0.2, -0.15) is 5.26 Å². The van der Waals surface area contributed by atoms with Crippen LogP contribution in [-0.4, -0.2) is 25.1 Å². The number of hydrogen-bond acceptors (Lipinski definition) is 4. The normalized spacial score (nSPS) is 10.5. The Bertz CT molecular complexity index is 604. The molecule has 5 heteroatoms. The zero-order chi connectivity index (χ0) is 14.4. The van der Waals surface area contributed by atoms with Crippen molar-refractivity contribution in [3.05, 3.63) is 53.7 Å². The molecule has 2 aromatic rings. The zero-order valence-corrected chi connectivity index (χ0v) is 11.2. The van der Waals surface area contributed by atoms with Crippen molar-refractivity contribution in [3.8, 4) is 11.8 Å². The number of hydrogen-bond donors (Lipinski definition) is 0. The molecular weight excluding hydrogens is 259 g/mol. The zero-order valence-electron chi connectivity index (χ0n) is 11.2. The second-order valence-electron chi connectivity index (χ2n) is 4.42. The van der Waals surface area contributed by atoms with E-state index in [0.29, 0.717) is 31.2 Å². The van der Waals surface area contributed by atoms with Crippen LogP contribution in [0.4, 0.5) is 4.39 Å². The van der Waals surface area contributed by atoms with Gasteiger partial charge in [-0.15, -0.1) is 0 Å². The number of nitriles is 1. The average molecular weight is 274 g/mol. The lowest BCUT2D eigenvalue weighted by atomic mass is 10.3. The highest BCUT2D eigenvalue weighted by Crippen LogP contribution is 2.12. The van der Waals surface area contributed by atoms with Crippen molar-refractivity contribution >= 4 is 0 Å². The maximum atomic E-state index is 12.9. The molecule has 20 heavy (non-hydrogen) atoms. The van der Waals surface area contributed by atoms with E-state index >= 15 is 0 Å². The first-order valence-electron chi connectivity index (χ1n) is 6.23. The molecule has 0 aliphatic heterocycles. The molecule has 4 nitrogen and oxygen atoms in total. The highest BCUT2D eigenvalue weighted by molar-refractivity contribution is 5.22. The number of likely N-dealkylation sites (N-methyl/N-ethyl adjacent to an activating group) is 1. The fourth-order valence-corrected chi connectivity index (χ4v) is 1.74. The fourth-order valence-electron chi connectivity index (χ4n) is 1.74. The third-order valence-electron chi connectivity index (χ3n) is 2.74. The first-order valence-corrected chi connectivity index (χ1v) is 6.23. The predicted molar refractivity (Wildman–Crippen MR) is 71.7 cm³/mol. The van der Waals surface area contributed by atoms with Crippen LogP contribution >= 0.6 is 0 Å². The van der Waals surface area contributed by atoms with Crippen molar-refractivity contribution in [2.24, 2.45) is 0 Å². The summed E-state index contributed by atoms with van der Waals surface area (Å²) in [6, 6.07) is 11.4. The minimum Gasteiger partial charge on any atom is -0.492 e. The Balaban J connectivity index is 1.75. The summed E-state index contributed by atoms with van der Waals surface area (Å²) in [5.74, 6) is 1.25. The summed E-state index contributed by atoms with van der Waals surface area (Å²) in [5, 5.41) is 8.67. The quantitative estimate of drug-likeness (QED) is 0.812. The molecule has 0 spiro atoms. The molecule has 0 fully saturated rings. The summed E-state index contributed by atoms with van der Waals surface area (Å²) in [7, 11) is 1.92. The Labute approximate surface area is 117 Å². The SMILES string of the molecule is CN(CCOc1cccc(F)c1)Cc1ccc(C#N)o1. The highest BCUT2D eigenvalue weighted by Gasteiger charge is 2.05. The monoisotopic (exact) mass is 274 g/mol. The van der Waals surface area contributed by atoms with Crippen LogP contribution in [0.5, 0.6) is 5.75 Å². The van der Waals surface area contributed by atoms with Gasteiger partial charge >= 0.3 is 0 Å². The summed E-state index contributed by atoms with van der Waals surface area (Å²) in [6.07, 6.45) is 0. The van der Waals surface area contributed by atoms with E-state index in [9.17, 15) is 4.39 Å². The molecule has 0 N–H and O–H groups in total. The van der Waals surface area contributed by atoms with Crippen molar-refractivity contribution in [3.63, 3.8) is 0 Å². The lowest BCUT2D eigenvalue weighted by molar-refractivity contribution is 0.221. The topological polar surface area (TPSA) is 49.4 Å². The van der Waals surface area contributed by atoms with E-state index in [4.69, 9.17) is 14.4 Å². The van der Waals surface area contributed by atoms with Gasteiger partial charge in [0, 0.05) is 12.6 Å². The number of benzene rings is 1. The van der Waals surface area contributed by atoms with Gasteiger partial charge in [0.05, 0.1) is 6.54 Å². The molecule has 0 saturated heterocycles. The molecule has 1 heterocycles. The summed E-state index contributed by atoms with van der Waals surface area (Å²) in [4.78, 5) is 2.00. The smallest absolute Gasteiger partial charge is 0.203 e. The lowest BCUT2D eigenvalue weighted by Crippen LogP contribution is -2.23. The van der Waals surface area contributed by atoms with Crippen LogP contribution in [0.3, 0.4) is 0 Å². The second-order valence-corrected chi connectivity index (χ2v) is 4.42. The first kappa shape index (κ1) is 14.1. The van der Waals surface area contributed by atoms with Gasteiger partial charge in [0.25, 0.3) is 0 Å². The molecule has 0 saturated carbocycles. The van der Waals surface area contributed by atoms with E-state index in [0.717, 1.165) is 5.76 Å². The summed E-state index contributed by atoms with van der Waals surface area (Å²) in [5.41, 5.74) is 0. The van der Waals surface area contributed by atoms with Crippen molar-refractivity contribution < 1.29 is 13.5 Å². The standard InChI is InChI=1S/C15H15FN2O2/c1-18(11-15-6-5-14(10-17)20-15)7-8-19-13-4-2-3-12(16)9-13/h2-6,9H,7-8,11H2,1H3. The third-order valence-corrected chi connectivity index (χ3v) is 2.74. The fraction of sp³-hybridized carbons (Fsp3) is 0.267. The van der Waals surface area contributed by atoms with E-state index in [1.54, 1.807) is 24.3 Å². The van der Waals surface area contributed by atoms with Crippen LogP contribution < -0.4 is 4.74 Å². The van der Waals surface area contributed by atoms with Gasteiger partial charge in [-0.3, -0.25) is 4.90 Å². The molecule has 0 bridgehead atoms. The van der Waals surface area contributed by atoms with Gasteiger partial charge in [-0.05, 0) is 31.3 Å². The van der Waals surface area contributed by atoms with Crippen molar-refractivity contribution in [1.82, 2.24) is 4.90 Å². The first-order chi connectivity index (χ1) is 9.67. The number of furan rings is 1. The Kier molecular flexibility index (Phi) is 4.75. The Morgan fingerprint density at radius 3 is 2.90 bits per heavy atom. The van der Waals surface area contributed by atoms with Crippen LogP contribution in [0.25, 0.3) is 0 Å². The molecule has 0 radical (unpaired) electrons. The molecule has 0 atom stereocenters. The Hall–Kier alpha value is -2.32. The summed E-state index contributed by atoms with van der Waals surface area (Å²) in [6.45, 7) is 1.71. The number of rotatable bonds is 6. The van der Waals surface area contributed by atoms with Gasteiger partial charge in [-0.25, -0.2) is 4.39 Å².